The van der Waals surface area contributed by atoms with Crippen LogP contribution < -0.4 is 10.1 Å². The number of anilines is 1. The maximum absolute atomic E-state index is 11.8. The van der Waals surface area contributed by atoms with E-state index in [0.29, 0.717) is 24.6 Å². The first-order chi connectivity index (χ1) is 10.0. The largest absolute Gasteiger partial charge is 0.494 e. The first kappa shape index (κ1) is 15.5. The van der Waals surface area contributed by atoms with Gasteiger partial charge in [0.1, 0.15) is 5.75 Å². The Morgan fingerprint density at radius 2 is 2.14 bits per heavy atom. The molecule has 21 heavy (non-hydrogen) atoms. The highest BCUT2D eigenvalue weighted by Crippen LogP contribution is 2.21. The molecule has 0 aliphatic carbocycles. The number of rotatable bonds is 6. The highest BCUT2D eigenvalue weighted by Gasteiger charge is 2.07. The van der Waals surface area contributed by atoms with Gasteiger partial charge in [0, 0.05) is 11.3 Å². The van der Waals surface area contributed by atoms with Crippen LogP contribution in [-0.4, -0.2) is 17.5 Å². The summed E-state index contributed by atoms with van der Waals surface area (Å²) in [5, 5.41) is 3.50. The second-order valence-corrected chi connectivity index (χ2v) is 6.18. The molecule has 0 spiro atoms. The summed E-state index contributed by atoms with van der Waals surface area (Å²) in [6.07, 6.45) is 1.12. The minimum atomic E-state index is -0.0170. The molecule has 1 aromatic carbocycles. The fraction of sp³-hybridized carbons (Fsp3) is 0.375. The predicted octanol–water partition coefficient (Wildman–Crippen LogP) is 3.87. The van der Waals surface area contributed by atoms with Crippen molar-refractivity contribution in [2.24, 2.45) is 0 Å². The molecular weight excluding hydrogens is 284 g/mol. The molecule has 2 rings (SSSR count). The van der Waals surface area contributed by atoms with Crippen LogP contribution in [0.4, 0.5) is 5.13 Å². The third kappa shape index (κ3) is 4.86. The van der Waals surface area contributed by atoms with Crippen LogP contribution in [0.25, 0.3) is 0 Å². The Hall–Kier alpha value is -1.88. The van der Waals surface area contributed by atoms with E-state index in [1.54, 1.807) is 0 Å². The van der Waals surface area contributed by atoms with Gasteiger partial charge in [-0.1, -0.05) is 12.1 Å². The zero-order valence-corrected chi connectivity index (χ0v) is 13.4. The average molecular weight is 304 g/mol. The fourth-order valence-electron chi connectivity index (χ4n) is 1.84. The summed E-state index contributed by atoms with van der Waals surface area (Å²) in [5.41, 5.74) is 2.14. The Labute approximate surface area is 129 Å². The Morgan fingerprint density at radius 3 is 2.81 bits per heavy atom. The molecule has 1 N–H and O–H groups in total. The minimum Gasteiger partial charge on any atom is -0.494 e. The van der Waals surface area contributed by atoms with Crippen molar-refractivity contribution in [1.29, 1.82) is 0 Å². The lowest BCUT2D eigenvalue weighted by atomic mass is 10.2. The van der Waals surface area contributed by atoms with E-state index in [2.05, 4.69) is 10.3 Å². The molecular formula is C16H20N2O2S. The number of benzene rings is 1. The number of carbonyl (C=O) groups excluding carboxylic acids is 1. The lowest BCUT2D eigenvalue weighted by molar-refractivity contribution is -0.116. The maximum atomic E-state index is 11.8. The van der Waals surface area contributed by atoms with E-state index >= 15 is 0 Å². The summed E-state index contributed by atoms with van der Waals surface area (Å²) >= 11 is 1.51. The summed E-state index contributed by atoms with van der Waals surface area (Å²) in [7, 11) is 0. The number of hydrogen-bond acceptors (Lipinski definition) is 4. The zero-order chi connectivity index (χ0) is 15.2. The van der Waals surface area contributed by atoms with Gasteiger partial charge in [-0.3, -0.25) is 4.79 Å². The Kier molecular flexibility index (Phi) is 5.33. The minimum absolute atomic E-state index is 0.0170. The number of aryl methyl sites for hydroxylation is 3. The number of thiazole rings is 1. The molecule has 0 saturated carbocycles. The molecule has 0 aliphatic heterocycles. The molecule has 1 amide bonds. The molecule has 0 aliphatic rings. The SMILES string of the molecule is Cc1cccc(OCCCC(=O)Nc2nc(C)c(C)s2)c1. The van der Waals surface area contributed by atoms with Crippen LogP contribution in [0.15, 0.2) is 24.3 Å². The summed E-state index contributed by atoms with van der Waals surface area (Å²) in [6.45, 7) is 6.50. The van der Waals surface area contributed by atoms with Crippen molar-refractivity contribution in [3.63, 3.8) is 0 Å². The number of aromatic nitrogens is 1. The van der Waals surface area contributed by atoms with Gasteiger partial charge in [-0.2, -0.15) is 0 Å². The van der Waals surface area contributed by atoms with Crippen molar-refractivity contribution in [2.45, 2.75) is 33.6 Å². The Morgan fingerprint density at radius 1 is 1.33 bits per heavy atom. The van der Waals surface area contributed by atoms with Crippen LogP contribution in [0.2, 0.25) is 0 Å². The van der Waals surface area contributed by atoms with Crippen molar-refractivity contribution in [1.82, 2.24) is 4.98 Å². The summed E-state index contributed by atoms with van der Waals surface area (Å²) in [6, 6.07) is 7.90. The monoisotopic (exact) mass is 304 g/mol. The topological polar surface area (TPSA) is 51.2 Å². The van der Waals surface area contributed by atoms with Gasteiger partial charge in [0.25, 0.3) is 0 Å². The van der Waals surface area contributed by atoms with Crippen molar-refractivity contribution < 1.29 is 9.53 Å². The zero-order valence-electron chi connectivity index (χ0n) is 12.6. The Balaban J connectivity index is 1.70. The van der Waals surface area contributed by atoms with Crippen LogP contribution in [0.3, 0.4) is 0 Å². The van der Waals surface area contributed by atoms with Crippen molar-refractivity contribution in [2.75, 3.05) is 11.9 Å². The van der Waals surface area contributed by atoms with Crippen molar-refractivity contribution in [3.8, 4) is 5.75 Å². The van der Waals surface area contributed by atoms with Crippen LogP contribution in [-0.2, 0) is 4.79 Å². The molecule has 0 radical (unpaired) electrons. The number of carbonyl (C=O) groups is 1. The average Bonchev–Trinajstić information content (AvgIpc) is 2.73. The first-order valence-electron chi connectivity index (χ1n) is 6.98. The molecule has 0 atom stereocenters. The molecule has 4 nitrogen and oxygen atoms in total. The number of amides is 1. The number of hydrogen-bond donors (Lipinski definition) is 1. The van der Waals surface area contributed by atoms with Gasteiger partial charge in [0.05, 0.1) is 12.3 Å². The molecule has 5 heteroatoms. The molecule has 2 aromatic rings. The van der Waals surface area contributed by atoms with Crippen LogP contribution in [0.1, 0.15) is 29.0 Å². The number of nitrogens with one attached hydrogen (secondary N) is 1. The lowest BCUT2D eigenvalue weighted by Gasteiger charge is -2.06. The van der Waals surface area contributed by atoms with Gasteiger partial charge in [-0.05, 0) is 44.9 Å². The summed E-state index contributed by atoms with van der Waals surface area (Å²) in [4.78, 5) is 17.2. The molecule has 1 aromatic heterocycles. The normalized spacial score (nSPS) is 10.4. The molecule has 0 bridgehead atoms. The summed E-state index contributed by atoms with van der Waals surface area (Å²) in [5.74, 6) is 0.832. The number of ether oxygens (including phenoxy) is 1. The van der Waals surface area contributed by atoms with Crippen LogP contribution >= 0.6 is 11.3 Å². The lowest BCUT2D eigenvalue weighted by Crippen LogP contribution is -2.12. The second-order valence-electron chi connectivity index (χ2n) is 4.98. The van der Waals surface area contributed by atoms with Gasteiger partial charge in [0.15, 0.2) is 5.13 Å². The third-order valence-electron chi connectivity index (χ3n) is 3.08. The van der Waals surface area contributed by atoms with Gasteiger partial charge >= 0.3 is 0 Å². The molecule has 1 heterocycles. The van der Waals surface area contributed by atoms with Crippen molar-refractivity contribution in [3.05, 3.63) is 40.4 Å². The summed E-state index contributed by atoms with van der Waals surface area (Å²) < 4.78 is 5.62. The van der Waals surface area contributed by atoms with Gasteiger partial charge in [-0.15, -0.1) is 11.3 Å². The molecule has 0 unspecified atom stereocenters. The van der Waals surface area contributed by atoms with Crippen molar-refractivity contribution >= 4 is 22.4 Å². The first-order valence-corrected chi connectivity index (χ1v) is 7.79. The number of nitrogens with zero attached hydrogens (tertiary/aromatic N) is 1. The Bertz CT molecular complexity index is 603. The molecule has 0 fully saturated rings. The standard InChI is InChI=1S/C16H20N2O2S/c1-11-6-4-7-14(10-11)20-9-5-8-15(19)18-16-17-12(2)13(3)21-16/h4,6-7,10H,5,8-9H2,1-3H3,(H,17,18,19). The molecule has 0 saturated heterocycles. The highest BCUT2D eigenvalue weighted by atomic mass is 32.1. The van der Waals surface area contributed by atoms with Gasteiger partial charge < -0.3 is 10.1 Å². The van der Waals surface area contributed by atoms with E-state index in [-0.39, 0.29) is 5.91 Å². The molecule has 112 valence electrons. The maximum Gasteiger partial charge on any atom is 0.226 e. The van der Waals surface area contributed by atoms with Crippen LogP contribution in [0.5, 0.6) is 5.75 Å². The van der Waals surface area contributed by atoms with Crippen LogP contribution in [0, 0.1) is 20.8 Å². The van der Waals surface area contributed by atoms with Gasteiger partial charge in [0.2, 0.25) is 5.91 Å². The second kappa shape index (κ2) is 7.22. The predicted molar refractivity (Wildman–Crippen MR) is 86.1 cm³/mol. The van der Waals surface area contributed by atoms with E-state index in [0.717, 1.165) is 16.3 Å². The smallest absolute Gasteiger partial charge is 0.226 e. The van der Waals surface area contributed by atoms with E-state index in [1.807, 2.05) is 45.0 Å². The van der Waals surface area contributed by atoms with E-state index in [9.17, 15) is 4.79 Å². The highest BCUT2D eigenvalue weighted by molar-refractivity contribution is 7.15. The third-order valence-corrected chi connectivity index (χ3v) is 4.07. The van der Waals surface area contributed by atoms with E-state index < -0.39 is 0 Å². The van der Waals surface area contributed by atoms with Gasteiger partial charge in [-0.25, -0.2) is 4.98 Å². The fourth-order valence-corrected chi connectivity index (χ4v) is 2.67. The van der Waals surface area contributed by atoms with E-state index in [4.69, 9.17) is 4.74 Å². The van der Waals surface area contributed by atoms with E-state index in [1.165, 1.54) is 16.9 Å². The quantitative estimate of drug-likeness (QED) is 0.824.